The van der Waals surface area contributed by atoms with Crippen LogP contribution in [0.2, 0.25) is 0 Å². The normalized spacial score (nSPS) is 47.5. The van der Waals surface area contributed by atoms with Crippen LogP contribution in [-0.2, 0) is 0 Å². The largest absolute Gasteiger partial charge is 0.314 e. The fraction of sp³-hybridized carbons (Fsp3) is 1.00. The monoisotopic (exact) mass is 264 g/mol. The number of nitrogens with zero attached hydrogens (tertiary/aromatic N) is 1. The molecule has 2 nitrogen and oxygen atoms in total. The van der Waals surface area contributed by atoms with E-state index in [1.165, 1.54) is 44.9 Å². The maximum atomic E-state index is 3.70. The lowest BCUT2D eigenvalue weighted by Crippen LogP contribution is -2.56. The summed E-state index contributed by atoms with van der Waals surface area (Å²) in [6.07, 6.45) is 10.1. The summed E-state index contributed by atoms with van der Waals surface area (Å²) < 4.78 is 0. The molecule has 2 heteroatoms. The Morgan fingerprint density at radius 1 is 1.00 bits per heavy atom. The molecule has 5 unspecified atom stereocenters. The third-order valence-corrected chi connectivity index (χ3v) is 6.33. The van der Waals surface area contributed by atoms with Crippen molar-refractivity contribution in [2.24, 2.45) is 11.8 Å². The zero-order valence-corrected chi connectivity index (χ0v) is 13.1. The van der Waals surface area contributed by atoms with E-state index in [2.05, 4.69) is 31.0 Å². The molecule has 110 valence electrons. The fourth-order valence-electron chi connectivity index (χ4n) is 5.18. The molecule has 1 saturated carbocycles. The Kier molecular flexibility index (Phi) is 4.19. The van der Waals surface area contributed by atoms with Crippen LogP contribution < -0.4 is 5.32 Å². The Labute approximate surface area is 119 Å². The first-order valence-electron chi connectivity index (χ1n) is 8.71. The lowest BCUT2D eigenvalue weighted by Gasteiger charge is -2.49. The molecular weight excluding hydrogens is 232 g/mol. The molecule has 3 aliphatic rings. The lowest BCUT2D eigenvalue weighted by atomic mass is 9.76. The Morgan fingerprint density at radius 2 is 1.68 bits per heavy atom. The molecule has 3 rings (SSSR count). The molecule has 0 radical (unpaired) electrons. The Morgan fingerprint density at radius 3 is 2.32 bits per heavy atom. The first kappa shape index (κ1) is 13.9. The molecule has 0 amide bonds. The molecule has 2 bridgehead atoms. The third-order valence-electron chi connectivity index (χ3n) is 6.33. The molecule has 0 aromatic heterocycles. The molecule has 0 spiro atoms. The van der Waals surface area contributed by atoms with E-state index in [1.807, 2.05) is 0 Å². The van der Waals surface area contributed by atoms with Crippen molar-refractivity contribution >= 4 is 0 Å². The van der Waals surface area contributed by atoms with E-state index < -0.39 is 0 Å². The van der Waals surface area contributed by atoms with Gasteiger partial charge in [0.15, 0.2) is 0 Å². The molecule has 5 atom stereocenters. The molecular formula is C17H32N2. The predicted octanol–water partition coefficient (Wildman–Crippen LogP) is 3.42. The summed E-state index contributed by atoms with van der Waals surface area (Å²) in [6.45, 7) is 8.38. The molecule has 2 heterocycles. The van der Waals surface area contributed by atoms with Gasteiger partial charge in [0.1, 0.15) is 0 Å². The molecule has 19 heavy (non-hydrogen) atoms. The molecule has 1 aliphatic carbocycles. The molecule has 1 N–H and O–H groups in total. The van der Waals surface area contributed by atoms with Gasteiger partial charge in [-0.25, -0.2) is 0 Å². The predicted molar refractivity (Wildman–Crippen MR) is 81.3 cm³/mol. The zero-order chi connectivity index (χ0) is 13.4. The van der Waals surface area contributed by atoms with Crippen LogP contribution in [0, 0.1) is 11.8 Å². The van der Waals surface area contributed by atoms with Gasteiger partial charge >= 0.3 is 0 Å². The van der Waals surface area contributed by atoms with Gasteiger partial charge in [-0.2, -0.15) is 0 Å². The highest BCUT2D eigenvalue weighted by atomic mass is 15.3. The van der Waals surface area contributed by atoms with Gasteiger partial charge in [-0.3, -0.25) is 4.90 Å². The summed E-state index contributed by atoms with van der Waals surface area (Å²) in [5.41, 5.74) is 0. The second kappa shape index (κ2) is 5.73. The van der Waals surface area contributed by atoms with E-state index in [1.54, 1.807) is 0 Å². The number of hydrogen-bond acceptors (Lipinski definition) is 2. The number of hydrogen-bond donors (Lipinski definition) is 1. The quantitative estimate of drug-likeness (QED) is 0.840. The average molecular weight is 264 g/mol. The fourth-order valence-corrected chi connectivity index (χ4v) is 5.18. The van der Waals surface area contributed by atoms with E-state index in [-0.39, 0.29) is 0 Å². The van der Waals surface area contributed by atoms with Crippen molar-refractivity contribution < 1.29 is 0 Å². The first-order chi connectivity index (χ1) is 9.20. The van der Waals surface area contributed by atoms with Gasteiger partial charge < -0.3 is 5.32 Å². The molecule has 2 saturated heterocycles. The van der Waals surface area contributed by atoms with Crippen LogP contribution in [0.1, 0.15) is 65.7 Å². The summed E-state index contributed by atoms with van der Waals surface area (Å²) in [4.78, 5) is 2.98. The molecule has 3 fully saturated rings. The van der Waals surface area contributed by atoms with Gasteiger partial charge in [0.25, 0.3) is 0 Å². The SMILES string of the molecule is CCNC1CC2CCC(C1)N2C1CCCC(C)C1C. The minimum Gasteiger partial charge on any atom is -0.314 e. The highest BCUT2D eigenvalue weighted by Gasteiger charge is 2.46. The van der Waals surface area contributed by atoms with Gasteiger partial charge in [0.05, 0.1) is 0 Å². The van der Waals surface area contributed by atoms with Crippen molar-refractivity contribution in [3.63, 3.8) is 0 Å². The third kappa shape index (κ3) is 2.58. The van der Waals surface area contributed by atoms with E-state index in [9.17, 15) is 0 Å². The Hall–Kier alpha value is -0.0800. The highest BCUT2D eigenvalue weighted by Crippen LogP contribution is 2.43. The standard InChI is InChI=1S/C17H32N2/c1-4-18-14-10-15-8-9-16(11-14)19(15)17-7-5-6-12(2)13(17)3/h12-18H,4-11H2,1-3H3. The van der Waals surface area contributed by atoms with Gasteiger partial charge in [-0.15, -0.1) is 0 Å². The van der Waals surface area contributed by atoms with E-state index in [4.69, 9.17) is 0 Å². The second-order valence-corrected chi connectivity index (χ2v) is 7.39. The van der Waals surface area contributed by atoms with Crippen LogP contribution in [0.4, 0.5) is 0 Å². The summed E-state index contributed by atoms with van der Waals surface area (Å²) in [5.74, 6) is 1.84. The van der Waals surface area contributed by atoms with Crippen molar-refractivity contribution in [3.8, 4) is 0 Å². The number of rotatable bonds is 3. The van der Waals surface area contributed by atoms with Crippen molar-refractivity contribution in [1.82, 2.24) is 10.2 Å². The number of fused-ring (bicyclic) bond motifs is 2. The molecule has 2 aliphatic heterocycles. The van der Waals surface area contributed by atoms with Crippen molar-refractivity contribution in [2.75, 3.05) is 6.54 Å². The summed E-state index contributed by atoms with van der Waals surface area (Å²) in [6, 6.07) is 3.47. The average Bonchev–Trinajstić information content (AvgIpc) is 2.65. The highest BCUT2D eigenvalue weighted by molar-refractivity contribution is 5.02. The van der Waals surface area contributed by atoms with E-state index in [0.29, 0.717) is 0 Å². The maximum absolute atomic E-state index is 3.70. The molecule has 0 aromatic rings. The van der Waals surface area contributed by atoms with Gasteiger partial charge in [-0.05, 0) is 50.5 Å². The topological polar surface area (TPSA) is 15.3 Å². The lowest BCUT2D eigenvalue weighted by molar-refractivity contribution is 0.0103. The number of piperidine rings is 1. The first-order valence-corrected chi connectivity index (χ1v) is 8.71. The van der Waals surface area contributed by atoms with Crippen molar-refractivity contribution in [3.05, 3.63) is 0 Å². The number of nitrogens with one attached hydrogen (secondary N) is 1. The van der Waals surface area contributed by atoms with Crippen LogP contribution in [0.5, 0.6) is 0 Å². The minimum atomic E-state index is 0.801. The van der Waals surface area contributed by atoms with Crippen molar-refractivity contribution in [1.29, 1.82) is 0 Å². The van der Waals surface area contributed by atoms with Gasteiger partial charge in [-0.1, -0.05) is 33.6 Å². The van der Waals surface area contributed by atoms with Crippen LogP contribution >= 0.6 is 0 Å². The Balaban J connectivity index is 1.69. The smallest absolute Gasteiger partial charge is 0.0129 e. The van der Waals surface area contributed by atoms with E-state index >= 15 is 0 Å². The van der Waals surface area contributed by atoms with Crippen molar-refractivity contribution in [2.45, 2.75) is 89.9 Å². The Bertz CT molecular complexity index is 290. The van der Waals surface area contributed by atoms with E-state index in [0.717, 1.165) is 42.5 Å². The summed E-state index contributed by atoms with van der Waals surface area (Å²) in [7, 11) is 0. The zero-order valence-electron chi connectivity index (χ0n) is 13.1. The van der Waals surface area contributed by atoms with Crippen LogP contribution in [-0.4, -0.2) is 35.6 Å². The van der Waals surface area contributed by atoms with Crippen LogP contribution in [0.15, 0.2) is 0 Å². The van der Waals surface area contributed by atoms with Gasteiger partial charge in [0, 0.05) is 24.2 Å². The maximum Gasteiger partial charge on any atom is 0.0129 e. The summed E-state index contributed by atoms with van der Waals surface area (Å²) >= 11 is 0. The molecule has 0 aromatic carbocycles. The second-order valence-electron chi connectivity index (χ2n) is 7.39. The van der Waals surface area contributed by atoms with Gasteiger partial charge in [0.2, 0.25) is 0 Å². The minimum absolute atomic E-state index is 0.801. The van der Waals surface area contributed by atoms with Crippen LogP contribution in [0.25, 0.3) is 0 Å². The van der Waals surface area contributed by atoms with Crippen LogP contribution in [0.3, 0.4) is 0 Å². The summed E-state index contributed by atoms with van der Waals surface area (Å²) in [5, 5.41) is 3.70.